The minimum absolute atomic E-state index is 0.131. The van der Waals surface area contributed by atoms with Crippen molar-refractivity contribution in [3.05, 3.63) is 108 Å². The molecule has 0 saturated heterocycles. The molecule has 0 saturated carbocycles. The van der Waals surface area contributed by atoms with E-state index in [4.69, 9.17) is 4.74 Å². The Bertz CT molecular complexity index is 1160. The summed E-state index contributed by atoms with van der Waals surface area (Å²) in [4.78, 5) is 12.8. The van der Waals surface area contributed by atoms with Crippen LogP contribution in [0.5, 0.6) is 5.75 Å². The largest absolute Gasteiger partial charge is 0.497 e. The van der Waals surface area contributed by atoms with E-state index >= 15 is 0 Å². The van der Waals surface area contributed by atoms with Crippen molar-refractivity contribution in [3.63, 3.8) is 0 Å². The van der Waals surface area contributed by atoms with Crippen molar-refractivity contribution < 1.29 is 9.53 Å². The summed E-state index contributed by atoms with van der Waals surface area (Å²) in [5.74, 6) is 1.29. The van der Waals surface area contributed by atoms with Gasteiger partial charge in [0.1, 0.15) is 11.6 Å². The van der Waals surface area contributed by atoms with Gasteiger partial charge in [-0.2, -0.15) is 5.10 Å². The van der Waals surface area contributed by atoms with Gasteiger partial charge in [-0.05, 0) is 42.3 Å². The number of methoxy groups -OCH3 is 1. The van der Waals surface area contributed by atoms with E-state index < -0.39 is 0 Å². The van der Waals surface area contributed by atoms with Gasteiger partial charge < -0.3 is 10.1 Å². The molecule has 2 N–H and O–H groups in total. The summed E-state index contributed by atoms with van der Waals surface area (Å²) in [5.41, 5.74) is 3.85. The first-order valence-electron chi connectivity index (χ1n) is 10.5. The summed E-state index contributed by atoms with van der Waals surface area (Å²) < 4.78 is 7.02. The topological polar surface area (TPSA) is 68.2 Å². The van der Waals surface area contributed by atoms with Crippen LogP contribution in [0, 0.1) is 6.92 Å². The van der Waals surface area contributed by atoms with Gasteiger partial charge in [-0.15, -0.1) is 0 Å². The Morgan fingerprint density at radius 3 is 2.22 bits per heavy atom. The lowest BCUT2D eigenvalue weighted by molar-refractivity contribution is -0.115. The highest BCUT2D eigenvalue weighted by atomic mass is 16.5. The number of hydrogen-bond donors (Lipinski definition) is 2. The van der Waals surface area contributed by atoms with Gasteiger partial charge in [-0.3, -0.25) is 10.1 Å². The average molecular weight is 427 g/mol. The summed E-state index contributed by atoms with van der Waals surface area (Å²) in [6, 6.07) is 29.4. The predicted molar refractivity (Wildman–Crippen MR) is 126 cm³/mol. The van der Waals surface area contributed by atoms with Crippen molar-refractivity contribution in [3.8, 4) is 11.4 Å². The molecule has 6 heteroatoms. The van der Waals surface area contributed by atoms with E-state index in [1.165, 1.54) is 0 Å². The molecule has 162 valence electrons. The molecule has 1 amide bonds. The Labute approximate surface area is 187 Å². The Balaban J connectivity index is 1.50. The highest BCUT2D eigenvalue weighted by Crippen LogP contribution is 2.24. The number of aryl methyl sites for hydroxylation is 1. The lowest BCUT2D eigenvalue weighted by atomic mass is 9.98. The standard InChI is InChI=1S/C26H26N4O2/c1-19-17-24(30(29-19)22-11-7-4-8-12-22)28-25(31)18-27-26(20-9-5-3-6-10-20)21-13-15-23(32-2)16-14-21/h3-17,26-27H,18H2,1-2H3,(H,28,31). The van der Waals surface area contributed by atoms with Gasteiger partial charge in [-0.25, -0.2) is 4.68 Å². The van der Waals surface area contributed by atoms with Crippen LogP contribution >= 0.6 is 0 Å². The number of amides is 1. The third-order valence-corrected chi connectivity index (χ3v) is 5.15. The Morgan fingerprint density at radius 2 is 1.56 bits per heavy atom. The SMILES string of the molecule is COc1ccc(C(NCC(=O)Nc2cc(C)nn2-c2ccccc2)c2ccccc2)cc1. The van der Waals surface area contributed by atoms with Gasteiger partial charge in [0.2, 0.25) is 5.91 Å². The fourth-order valence-electron chi connectivity index (χ4n) is 3.61. The van der Waals surface area contributed by atoms with Gasteiger partial charge in [0.15, 0.2) is 0 Å². The van der Waals surface area contributed by atoms with Crippen LogP contribution in [0.15, 0.2) is 91.0 Å². The highest BCUT2D eigenvalue weighted by Gasteiger charge is 2.16. The van der Waals surface area contributed by atoms with Crippen molar-refractivity contribution in [2.24, 2.45) is 0 Å². The minimum Gasteiger partial charge on any atom is -0.497 e. The molecule has 0 spiro atoms. The summed E-state index contributed by atoms with van der Waals surface area (Å²) in [7, 11) is 1.65. The van der Waals surface area contributed by atoms with Crippen molar-refractivity contribution in [2.45, 2.75) is 13.0 Å². The Kier molecular flexibility index (Phi) is 6.63. The molecule has 0 aliphatic rings. The fourth-order valence-corrected chi connectivity index (χ4v) is 3.61. The Hall–Kier alpha value is -3.90. The molecule has 32 heavy (non-hydrogen) atoms. The summed E-state index contributed by atoms with van der Waals surface area (Å²) in [5, 5.41) is 10.9. The molecule has 0 fully saturated rings. The van der Waals surface area contributed by atoms with Crippen LogP contribution in [-0.2, 0) is 4.79 Å². The molecule has 0 aliphatic carbocycles. The van der Waals surface area contributed by atoms with Crippen LogP contribution < -0.4 is 15.4 Å². The quantitative estimate of drug-likeness (QED) is 0.435. The zero-order chi connectivity index (χ0) is 22.3. The molecule has 0 radical (unpaired) electrons. The molecule has 1 atom stereocenters. The van der Waals surface area contributed by atoms with Crippen LogP contribution in [-0.4, -0.2) is 29.3 Å². The third kappa shape index (κ3) is 5.04. The Morgan fingerprint density at radius 1 is 0.938 bits per heavy atom. The second-order valence-corrected chi connectivity index (χ2v) is 7.46. The number of para-hydroxylation sites is 1. The number of benzene rings is 3. The maximum atomic E-state index is 12.8. The van der Waals surface area contributed by atoms with Crippen molar-refractivity contribution in [1.82, 2.24) is 15.1 Å². The first kappa shape index (κ1) is 21.3. The molecule has 4 rings (SSSR count). The van der Waals surface area contributed by atoms with Gasteiger partial charge in [-0.1, -0.05) is 60.7 Å². The van der Waals surface area contributed by atoms with Crippen molar-refractivity contribution >= 4 is 11.7 Å². The van der Waals surface area contributed by atoms with Crippen LogP contribution in [0.3, 0.4) is 0 Å². The van der Waals surface area contributed by atoms with E-state index in [0.29, 0.717) is 5.82 Å². The predicted octanol–water partition coefficient (Wildman–Crippen LogP) is 4.51. The zero-order valence-electron chi connectivity index (χ0n) is 18.2. The van der Waals surface area contributed by atoms with E-state index in [0.717, 1.165) is 28.3 Å². The molecular formula is C26H26N4O2. The maximum absolute atomic E-state index is 12.8. The number of carbonyl (C=O) groups is 1. The van der Waals surface area contributed by atoms with Crippen LogP contribution in [0.4, 0.5) is 5.82 Å². The number of aromatic nitrogens is 2. The molecule has 1 aromatic heterocycles. The number of carbonyl (C=O) groups excluding carboxylic acids is 1. The molecule has 3 aromatic carbocycles. The van der Waals surface area contributed by atoms with Gasteiger partial charge in [0, 0.05) is 6.07 Å². The molecule has 1 unspecified atom stereocenters. The molecule has 1 heterocycles. The van der Waals surface area contributed by atoms with E-state index in [1.807, 2.05) is 97.9 Å². The molecule has 6 nitrogen and oxygen atoms in total. The number of anilines is 1. The summed E-state index contributed by atoms with van der Waals surface area (Å²) >= 11 is 0. The highest BCUT2D eigenvalue weighted by molar-refractivity contribution is 5.91. The van der Waals surface area contributed by atoms with Crippen molar-refractivity contribution in [2.75, 3.05) is 19.0 Å². The fraction of sp³-hybridized carbons (Fsp3) is 0.154. The first-order valence-corrected chi connectivity index (χ1v) is 10.5. The van der Waals surface area contributed by atoms with Crippen LogP contribution in [0.1, 0.15) is 22.9 Å². The first-order chi connectivity index (χ1) is 15.6. The maximum Gasteiger partial charge on any atom is 0.239 e. The summed E-state index contributed by atoms with van der Waals surface area (Å²) in [6.45, 7) is 2.05. The van der Waals surface area contributed by atoms with Crippen LogP contribution in [0.2, 0.25) is 0 Å². The average Bonchev–Trinajstić information content (AvgIpc) is 3.20. The van der Waals surface area contributed by atoms with Gasteiger partial charge in [0.25, 0.3) is 0 Å². The lowest BCUT2D eigenvalue weighted by Gasteiger charge is -2.20. The monoisotopic (exact) mass is 426 g/mol. The second kappa shape index (κ2) is 9.94. The third-order valence-electron chi connectivity index (χ3n) is 5.15. The van der Waals surface area contributed by atoms with Gasteiger partial charge in [0.05, 0.1) is 31.1 Å². The number of hydrogen-bond acceptors (Lipinski definition) is 4. The zero-order valence-corrected chi connectivity index (χ0v) is 18.2. The van der Waals surface area contributed by atoms with E-state index in [9.17, 15) is 4.79 Å². The summed E-state index contributed by atoms with van der Waals surface area (Å²) in [6.07, 6.45) is 0. The van der Waals surface area contributed by atoms with Crippen molar-refractivity contribution in [1.29, 1.82) is 0 Å². The molecule has 0 aliphatic heterocycles. The number of ether oxygens (including phenoxy) is 1. The lowest BCUT2D eigenvalue weighted by Crippen LogP contribution is -2.32. The molecule has 0 bridgehead atoms. The molecular weight excluding hydrogens is 400 g/mol. The second-order valence-electron chi connectivity index (χ2n) is 7.46. The molecule has 4 aromatic rings. The van der Waals surface area contributed by atoms with E-state index in [-0.39, 0.29) is 18.5 Å². The van der Waals surface area contributed by atoms with Gasteiger partial charge >= 0.3 is 0 Å². The minimum atomic E-state index is -0.142. The number of nitrogens with zero attached hydrogens (tertiary/aromatic N) is 2. The number of rotatable bonds is 8. The number of nitrogens with one attached hydrogen (secondary N) is 2. The normalized spacial score (nSPS) is 11.7. The van der Waals surface area contributed by atoms with Crippen LogP contribution in [0.25, 0.3) is 5.69 Å². The van der Waals surface area contributed by atoms with E-state index in [1.54, 1.807) is 11.8 Å². The van der Waals surface area contributed by atoms with E-state index in [2.05, 4.69) is 15.7 Å². The smallest absolute Gasteiger partial charge is 0.239 e.